The third kappa shape index (κ3) is 4.38. The average Bonchev–Trinajstić information content (AvgIpc) is 2.52. The van der Waals surface area contributed by atoms with Gasteiger partial charge in [0.2, 0.25) is 0 Å². The van der Waals surface area contributed by atoms with Gasteiger partial charge in [0.25, 0.3) is 0 Å². The number of nitrogens with zero attached hydrogens (tertiary/aromatic N) is 1. The predicted molar refractivity (Wildman–Crippen MR) is 98.7 cm³/mol. The first-order valence-electron chi connectivity index (χ1n) is 7.02. The Morgan fingerprint density at radius 3 is 2.50 bits per heavy atom. The zero-order chi connectivity index (χ0) is 17.7. The van der Waals surface area contributed by atoms with Crippen molar-refractivity contribution in [3.63, 3.8) is 0 Å². The van der Waals surface area contributed by atoms with Gasteiger partial charge in [-0.15, -0.1) is 0 Å². The van der Waals surface area contributed by atoms with Crippen molar-refractivity contribution in [2.45, 2.75) is 18.7 Å². The van der Waals surface area contributed by atoms with Crippen LogP contribution in [0.5, 0.6) is 11.5 Å². The molecule has 1 N–H and O–H groups in total. The summed E-state index contributed by atoms with van der Waals surface area (Å²) < 4.78 is 36.3. The summed E-state index contributed by atoms with van der Waals surface area (Å²) in [6.45, 7) is 3.98. The molecule has 128 valence electrons. The number of hydrogen-bond acceptors (Lipinski definition) is 6. The second-order valence-corrected chi connectivity index (χ2v) is 7.57. The fourth-order valence-corrected chi connectivity index (χ4v) is 3.78. The molecule has 6 nitrogen and oxygen atoms in total. The number of halogens is 1. The topological polar surface area (TPSA) is 85.2 Å². The minimum atomic E-state index is -3.99. The van der Waals surface area contributed by atoms with Crippen LogP contribution in [0.3, 0.4) is 0 Å². The van der Waals surface area contributed by atoms with Crippen molar-refractivity contribution in [3.05, 3.63) is 51.1 Å². The summed E-state index contributed by atoms with van der Waals surface area (Å²) >= 11 is 1.94. The first-order chi connectivity index (χ1) is 11.4. The fraction of sp³-hybridized carbons (Fsp3) is 0.188. The molecule has 2 aromatic rings. The van der Waals surface area contributed by atoms with E-state index in [2.05, 4.69) is 5.16 Å². The van der Waals surface area contributed by atoms with Crippen molar-refractivity contribution in [2.75, 3.05) is 6.61 Å². The van der Waals surface area contributed by atoms with Gasteiger partial charge in [-0.2, -0.15) is 8.42 Å². The summed E-state index contributed by atoms with van der Waals surface area (Å²) in [5, 5.41) is 11.6. The highest BCUT2D eigenvalue weighted by Crippen LogP contribution is 2.36. The minimum Gasteiger partial charge on any atom is -0.490 e. The van der Waals surface area contributed by atoms with E-state index in [1.165, 1.54) is 18.3 Å². The minimum absolute atomic E-state index is 0.0624. The van der Waals surface area contributed by atoms with Crippen LogP contribution < -0.4 is 8.92 Å². The highest BCUT2D eigenvalue weighted by Gasteiger charge is 2.22. The van der Waals surface area contributed by atoms with E-state index in [4.69, 9.17) is 14.1 Å². The fourth-order valence-electron chi connectivity index (χ4n) is 1.94. The second kappa shape index (κ2) is 7.84. The maximum Gasteiger partial charge on any atom is 0.339 e. The van der Waals surface area contributed by atoms with E-state index in [9.17, 15) is 8.42 Å². The van der Waals surface area contributed by atoms with Crippen molar-refractivity contribution in [1.29, 1.82) is 0 Å². The van der Waals surface area contributed by atoms with E-state index < -0.39 is 10.1 Å². The van der Waals surface area contributed by atoms with E-state index in [1.807, 2.05) is 29.5 Å². The molecule has 0 unspecified atom stereocenters. The number of aryl methyl sites for hydroxylation is 1. The van der Waals surface area contributed by atoms with Gasteiger partial charge in [-0.3, -0.25) is 0 Å². The normalized spacial score (nSPS) is 11.6. The van der Waals surface area contributed by atoms with Crippen molar-refractivity contribution in [1.82, 2.24) is 0 Å². The molecule has 24 heavy (non-hydrogen) atoms. The number of oxime groups is 1. The van der Waals surface area contributed by atoms with Crippen LogP contribution in [-0.2, 0) is 10.1 Å². The van der Waals surface area contributed by atoms with E-state index in [0.29, 0.717) is 15.7 Å². The van der Waals surface area contributed by atoms with Crippen LogP contribution in [0.15, 0.2) is 46.4 Å². The summed E-state index contributed by atoms with van der Waals surface area (Å²) in [6.07, 6.45) is 1.23. The molecule has 2 aromatic carbocycles. The van der Waals surface area contributed by atoms with Gasteiger partial charge in [0.05, 0.1) is 16.4 Å². The molecule has 0 atom stereocenters. The van der Waals surface area contributed by atoms with Crippen LogP contribution >= 0.6 is 22.6 Å². The first-order valence-corrected chi connectivity index (χ1v) is 9.51. The van der Waals surface area contributed by atoms with Gasteiger partial charge in [0, 0.05) is 5.56 Å². The smallest absolute Gasteiger partial charge is 0.339 e. The summed E-state index contributed by atoms with van der Waals surface area (Å²) in [5.74, 6) is 0.364. The molecule has 0 aliphatic carbocycles. The van der Waals surface area contributed by atoms with Gasteiger partial charge in [-0.25, -0.2) is 0 Å². The summed E-state index contributed by atoms with van der Waals surface area (Å²) in [6, 6.07) is 9.56. The van der Waals surface area contributed by atoms with E-state index >= 15 is 0 Å². The molecule has 0 aliphatic heterocycles. The lowest BCUT2D eigenvalue weighted by molar-refractivity contribution is 0.321. The number of benzene rings is 2. The van der Waals surface area contributed by atoms with Crippen molar-refractivity contribution in [2.24, 2.45) is 5.16 Å². The van der Waals surface area contributed by atoms with Crippen LogP contribution in [-0.4, -0.2) is 26.4 Å². The molecular weight excluding hydrogens is 445 g/mol. The molecule has 0 saturated carbocycles. The van der Waals surface area contributed by atoms with Crippen LogP contribution in [0.2, 0.25) is 0 Å². The molecule has 0 saturated heterocycles. The Morgan fingerprint density at radius 1 is 1.25 bits per heavy atom. The van der Waals surface area contributed by atoms with Gasteiger partial charge < -0.3 is 14.1 Å². The number of hydrogen-bond donors (Lipinski definition) is 1. The molecule has 0 radical (unpaired) electrons. The van der Waals surface area contributed by atoms with Crippen molar-refractivity contribution in [3.8, 4) is 11.5 Å². The Bertz CT molecular complexity index is 848. The largest absolute Gasteiger partial charge is 0.490 e. The van der Waals surface area contributed by atoms with Crippen LogP contribution in [0.1, 0.15) is 18.1 Å². The quantitative estimate of drug-likeness (QED) is 0.234. The second-order valence-electron chi connectivity index (χ2n) is 4.86. The van der Waals surface area contributed by atoms with E-state index in [1.54, 1.807) is 31.2 Å². The monoisotopic (exact) mass is 461 g/mol. The van der Waals surface area contributed by atoms with Gasteiger partial charge >= 0.3 is 10.1 Å². The van der Waals surface area contributed by atoms with Gasteiger partial charge in [0.1, 0.15) is 4.90 Å². The van der Waals surface area contributed by atoms with Gasteiger partial charge in [-0.05, 0) is 60.7 Å². The molecule has 0 heterocycles. The van der Waals surface area contributed by atoms with Crippen LogP contribution in [0, 0.1) is 10.5 Å². The Kier molecular flexibility index (Phi) is 6.05. The van der Waals surface area contributed by atoms with Crippen molar-refractivity contribution >= 4 is 38.9 Å². The maximum absolute atomic E-state index is 12.5. The Hall–Kier alpha value is -1.81. The molecular formula is C16H16INO5S. The number of rotatable bonds is 6. The molecule has 2 rings (SSSR count). The Balaban J connectivity index is 2.45. The predicted octanol–water partition coefficient (Wildman–Crippen LogP) is 3.57. The third-order valence-electron chi connectivity index (χ3n) is 3.04. The van der Waals surface area contributed by atoms with Crippen LogP contribution in [0.4, 0.5) is 0 Å². The van der Waals surface area contributed by atoms with Crippen LogP contribution in [0.25, 0.3) is 0 Å². The highest BCUT2D eigenvalue weighted by molar-refractivity contribution is 14.1. The summed E-state index contributed by atoms with van der Waals surface area (Å²) in [4.78, 5) is 0.0624. The molecule has 0 bridgehead atoms. The highest BCUT2D eigenvalue weighted by atomic mass is 127. The van der Waals surface area contributed by atoms with E-state index in [-0.39, 0.29) is 16.4 Å². The lowest BCUT2D eigenvalue weighted by Crippen LogP contribution is -2.12. The Morgan fingerprint density at radius 2 is 1.92 bits per heavy atom. The summed E-state index contributed by atoms with van der Waals surface area (Å²) in [7, 11) is -3.99. The molecule has 0 spiro atoms. The zero-order valence-electron chi connectivity index (χ0n) is 13.1. The SMILES string of the molecule is CCOc1cc(C=NO)cc(I)c1OS(=O)(=O)c1ccc(C)cc1. The molecule has 0 aromatic heterocycles. The standard InChI is InChI=1S/C16H16INO5S/c1-3-22-15-9-12(10-18-19)8-14(17)16(15)23-24(20,21)13-6-4-11(2)5-7-13/h4-10,19H,3H2,1-2H3. The first kappa shape index (κ1) is 18.5. The summed E-state index contributed by atoms with van der Waals surface area (Å²) in [5.41, 5.74) is 1.51. The van der Waals surface area contributed by atoms with Crippen molar-refractivity contribution < 1.29 is 22.5 Å². The lowest BCUT2D eigenvalue weighted by Gasteiger charge is -2.14. The number of ether oxygens (including phenoxy) is 1. The average molecular weight is 461 g/mol. The zero-order valence-corrected chi connectivity index (χ0v) is 16.0. The Labute approximate surface area is 154 Å². The van der Waals surface area contributed by atoms with Gasteiger partial charge in [-0.1, -0.05) is 22.9 Å². The molecule has 0 amide bonds. The molecule has 0 fully saturated rings. The van der Waals surface area contributed by atoms with Gasteiger partial charge in [0.15, 0.2) is 11.5 Å². The molecule has 8 heteroatoms. The van der Waals surface area contributed by atoms with E-state index in [0.717, 1.165) is 5.56 Å². The maximum atomic E-state index is 12.5. The lowest BCUT2D eigenvalue weighted by atomic mass is 10.2. The third-order valence-corrected chi connectivity index (χ3v) is 5.08. The molecule has 0 aliphatic rings.